The number of hydrogen-bond donors (Lipinski definition) is 0. The first kappa shape index (κ1) is 39.4. The smallest absolute Gasteiger partial charge is 0.149 e. The predicted octanol–water partition coefficient (Wildman–Crippen LogP) is 11.4. The van der Waals surface area contributed by atoms with Crippen LogP contribution in [0.15, 0.2) is 97.1 Å². The summed E-state index contributed by atoms with van der Waals surface area (Å²) < 4.78 is 0. The Morgan fingerprint density at radius 3 is 0.685 bits per heavy atom. The molecule has 1 aromatic heterocycles. The van der Waals surface area contributed by atoms with Crippen molar-refractivity contribution >= 4 is 0 Å². The van der Waals surface area contributed by atoms with Gasteiger partial charge in [0.1, 0.15) is 22.8 Å². The summed E-state index contributed by atoms with van der Waals surface area (Å²) in [5.41, 5.74) is 10.9. The van der Waals surface area contributed by atoms with E-state index < -0.39 is 0 Å². The molecular formula is C52H52N2. The molecule has 5 aromatic rings. The zero-order valence-electron chi connectivity index (χ0n) is 32.6. The van der Waals surface area contributed by atoms with Crippen LogP contribution in [0.4, 0.5) is 0 Å². The number of rotatable bonds is 12. The van der Waals surface area contributed by atoms with Gasteiger partial charge in [0.2, 0.25) is 0 Å². The summed E-state index contributed by atoms with van der Waals surface area (Å²) >= 11 is 0. The van der Waals surface area contributed by atoms with Gasteiger partial charge in [0.25, 0.3) is 0 Å². The van der Waals surface area contributed by atoms with Gasteiger partial charge in [-0.3, -0.25) is 0 Å². The third kappa shape index (κ3) is 12.7. The standard InChI is InChI=1S/C52H52N2/c1-5-9-13-41-17-25-45(26-18-41)33-37-49-50(38-34-46-27-19-42(20-28-46)14-10-6-2)54-52(40-36-48-31-23-44(24-32-48)16-12-8-4)51(53-49)39-35-47-29-21-43(22-30-47)15-11-7-3/h17-32H,5-16H2,1-4H3. The molecule has 4 aromatic carbocycles. The molecule has 0 saturated heterocycles. The lowest BCUT2D eigenvalue weighted by Gasteiger charge is -2.03. The lowest BCUT2D eigenvalue weighted by atomic mass is 10.1. The average Bonchev–Trinajstić information content (AvgIpc) is 3.22. The highest BCUT2D eigenvalue weighted by Crippen LogP contribution is 2.14. The largest absolute Gasteiger partial charge is 0.225 e. The fourth-order valence-corrected chi connectivity index (χ4v) is 5.85. The fourth-order valence-electron chi connectivity index (χ4n) is 5.85. The van der Waals surface area contributed by atoms with E-state index in [1.165, 1.54) is 73.6 Å². The van der Waals surface area contributed by atoms with Crippen molar-refractivity contribution in [3.63, 3.8) is 0 Å². The number of aryl methyl sites for hydroxylation is 4. The van der Waals surface area contributed by atoms with E-state index in [0.717, 1.165) is 47.9 Å². The molecule has 0 fully saturated rings. The van der Waals surface area contributed by atoms with Crippen LogP contribution in [0.5, 0.6) is 0 Å². The summed E-state index contributed by atoms with van der Waals surface area (Å²) in [6.07, 6.45) is 13.7. The van der Waals surface area contributed by atoms with E-state index in [1.807, 2.05) is 0 Å². The first-order chi connectivity index (χ1) is 26.6. The van der Waals surface area contributed by atoms with E-state index in [4.69, 9.17) is 9.97 Å². The minimum absolute atomic E-state index is 0.488. The van der Waals surface area contributed by atoms with Gasteiger partial charge in [0.15, 0.2) is 0 Å². The molecule has 0 aliphatic carbocycles. The molecule has 2 nitrogen and oxygen atoms in total. The summed E-state index contributed by atoms with van der Waals surface area (Å²) in [5.74, 6) is 26.5. The Morgan fingerprint density at radius 1 is 0.296 bits per heavy atom. The summed E-state index contributed by atoms with van der Waals surface area (Å²) in [5, 5.41) is 0. The Balaban J connectivity index is 1.58. The van der Waals surface area contributed by atoms with E-state index in [0.29, 0.717) is 22.8 Å². The Hall–Kier alpha value is -5.80. The molecule has 0 saturated carbocycles. The normalized spacial score (nSPS) is 10.1. The molecule has 2 heteroatoms. The highest BCUT2D eigenvalue weighted by molar-refractivity contribution is 5.55. The summed E-state index contributed by atoms with van der Waals surface area (Å²) in [7, 11) is 0. The van der Waals surface area contributed by atoms with Crippen LogP contribution in [-0.2, 0) is 25.7 Å². The molecule has 0 aliphatic rings. The van der Waals surface area contributed by atoms with E-state index in [-0.39, 0.29) is 0 Å². The van der Waals surface area contributed by atoms with Gasteiger partial charge < -0.3 is 0 Å². The molecule has 0 radical (unpaired) electrons. The minimum atomic E-state index is 0.488. The molecule has 0 bridgehead atoms. The van der Waals surface area contributed by atoms with Gasteiger partial charge in [0, 0.05) is 22.3 Å². The van der Waals surface area contributed by atoms with Crippen molar-refractivity contribution in [3.8, 4) is 47.4 Å². The number of aromatic nitrogens is 2. The maximum atomic E-state index is 5.02. The second-order valence-electron chi connectivity index (χ2n) is 13.8. The molecule has 0 atom stereocenters. The van der Waals surface area contributed by atoms with Gasteiger partial charge in [-0.05, 0) is 146 Å². The zero-order chi connectivity index (χ0) is 37.8. The van der Waals surface area contributed by atoms with Crippen LogP contribution < -0.4 is 0 Å². The topological polar surface area (TPSA) is 25.8 Å². The van der Waals surface area contributed by atoms with E-state index in [1.54, 1.807) is 0 Å². The van der Waals surface area contributed by atoms with Crippen LogP contribution in [0, 0.1) is 47.4 Å². The van der Waals surface area contributed by atoms with E-state index in [2.05, 4.69) is 172 Å². The average molecular weight is 705 g/mol. The molecular weight excluding hydrogens is 653 g/mol. The van der Waals surface area contributed by atoms with Crippen LogP contribution in [0.25, 0.3) is 0 Å². The second-order valence-corrected chi connectivity index (χ2v) is 13.8. The number of hydrogen-bond acceptors (Lipinski definition) is 2. The highest BCUT2D eigenvalue weighted by Gasteiger charge is 2.10. The maximum Gasteiger partial charge on any atom is 0.149 e. The molecule has 0 aliphatic heterocycles. The molecule has 0 N–H and O–H groups in total. The van der Waals surface area contributed by atoms with Gasteiger partial charge >= 0.3 is 0 Å². The predicted molar refractivity (Wildman–Crippen MR) is 226 cm³/mol. The van der Waals surface area contributed by atoms with Gasteiger partial charge in [-0.2, -0.15) is 0 Å². The summed E-state index contributed by atoms with van der Waals surface area (Å²) in [4.78, 5) is 10.0. The van der Waals surface area contributed by atoms with E-state index >= 15 is 0 Å². The van der Waals surface area contributed by atoms with Crippen LogP contribution >= 0.6 is 0 Å². The van der Waals surface area contributed by atoms with Gasteiger partial charge in [0.05, 0.1) is 0 Å². The number of nitrogens with zero attached hydrogens (tertiary/aromatic N) is 2. The molecule has 0 unspecified atom stereocenters. The molecule has 1 heterocycles. The highest BCUT2D eigenvalue weighted by atomic mass is 14.8. The maximum absolute atomic E-state index is 5.02. The summed E-state index contributed by atoms with van der Waals surface area (Å²) in [6, 6.07) is 33.9. The third-order valence-electron chi connectivity index (χ3n) is 9.29. The molecule has 0 spiro atoms. The Morgan fingerprint density at radius 2 is 0.500 bits per heavy atom. The van der Waals surface area contributed by atoms with Crippen molar-refractivity contribution in [2.75, 3.05) is 0 Å². The van der Waals surface area contributed by atoms with Crippen LogP contribution in [0.1, 0.15) is 146 Å². The van der Waals surface area contributed by atoms with Crippen LogP contribution in [0.3, 0.4) is 0 Å². The van der Waals surface area contributed by atoms with Crippen LogP contribution in [0.2, 0.25) is 0 Å². The molecule has 5 rings (SSSR count). The van der Waals surface area contributed by atoms with Crippen molar-refractivity contribution in [1.82, 2.24) is 9.97 Å². The lowest BCUT2D eigenvalue weighted by Crippen LogP contribution is -2.03. The first-order valence-electron chi connectivity index (χ1n) is 19.9. The monoisotopic (exact) mass is 704 g/mol. The van der Waals surface area contributed by atoms with E-state index in [9.17, 15) is 0 Å². The first-order valence-corrected chi connectivity index (χ1v) is 19.9. The van der Waals surface area contributed by atoms with Gasteiger partial charge in [-0.15, -0.1) is 0 Å². The lowest BCUT2D eigenvalue weighted by molar-refractivity contribution is 0.795. The van der Waals surface area contributed by atoms with Crippen molar-refractivity contribution in [2.45, 2.75) is 105 Å². The second kappa shape index (κ2) is 21.7. The SMILES string of the molecule is CCCCc1ccc(C#Cc2nc(C#Cc3ccc(CCCC)cc3)c(C#Cc3ccc(CCCC)cc3)nc2C#Cc2ccc(CCCC)cc2)cc1. The summed E-state index contributed by atoms with van der Waals surface area (Å²) in [6.45, 7) is 8.87. The van der Waals surface area contributed by atoms with Crippen molar-refractivity contribution in [2.24, 2.45) is 0 Å². The fraction of sp³-hybridized carbons (Fsp3) is 0.308. The molecule has 0 amide bonds. The van der Waals surface area contributed by atoms with Gasteiger partial charge in [-0.1, -0.05) is 126 Å². The van der Waals surface area contributed by atoms with Gasteiger partial charge in [-0.25, -0.2) is 9.97 Å². The minimum Gasteiger partial charge on any atom is -0.225 e. The quantitative estimate of drug-likeness (QED) is 0.121. The van der Waals surface area contributed by atoms with Crippen molar-refractivity contribution in [1.29, 1.82) is 0 Å². The zero-order valence-corrected chi connectivity index (χ0v) is 32.6. The van der Waals surface area contributed by atoms with Crippen molar-refractivity contribution in [3.05, 3.63) is 164 Å². The van der Waals surface area contributed by atoms with Crippen molar-refractivity contribution < 1.29 is 0 Å². The Bertz CT molecular complexity index is 1870. The molecule has 54 heavy (non-hydrogen) atoms. The Kier molecular flexibility index (Phi) is 15.8. The van der Waals surface area contributed by atoms with Crippen LogP contribution in [-0.4, -0.2) is 9.97 Å². The molecule has 270 valence electrons. The number of unbranched alkanes of at least 4 members (excludes halogenated alkanes) is 4. The number of benzene rings is 4. The third-order valence-corrected chi connectivity index (χ3v) is 9.29. The Labute approximate surface area is 325 Å².